The van der Waals surface area contributed by atoms with E-state index in [9.17, 15) is 4.79 Å². The van der Waals surface area contributed by atoms with Crippen molar-refractivity contribution in [2.75, 3.05) is 19.0 Å². The molecule has 3 rings (SSSR count). The Morgan fingerprint density at radius 3 is 2.45 bits per heavy atom. The number of aromatic nitrogens is 1. The third-order valence-corrected chi connectivity index (χ3v) is 4.70. The minimum atomic E-state index is -0.215. The smallest absolute Gasteiger partial charge is 0.257 e. The van der Waals surface area contributed by atoms with Crippen LogP contribution in [0.25, 0.3) is 0 Å². The zero-order chi connectivity index (χ0) is 22.2. The van der Waals surface area contributed by atoms with E-state index < -0.39 is 0 Å². The van der Waals surface area contributed by atoms with Gasteiger partial charge >= 0.3 is 0 Å². The summed E-state index contributed by atoms with van der Waals surface area (Å²) in [5, 5.41) is 2.92. The Hall–Kier alpha value is -3.38. The van der Waals surface area contributed by atoms with E-state index in [1.807, 2.05) is 69.3 Å². The van der Waals surface area contributed by atoms with Crippen LogP contribution in [0, 0.1) is 6.92 Å². The Balaban J connectivity index is 1.68. The zero-order valence-corrected chi connectivity index (χ0v) is 18.3. The maximum Gasteiger partial charge on any atom is 0.257 e. The Labute approximate surface area is 183 Å². The van der Waals surface area contributed by atoms with Gasteiger partial charge in [0, 0.05) is 36.5 Å². The molecule has 0 radical (unpaired) electrons. The Kier molecular flexibility index (Phi) is 7.62. The molecule has 0 bridgehead atoms. The third-order valence-electron chi connectivity index (χ3n) is 4.70. The molecule has 0 saturated heterocycles. The van der Waals surface area contributed by atoms with E-state index in [0.29, 0.717) is 47.2 Å². The van der Waals surface area contributed by atoms with Crippen molar-refractivity contribution in [1.29, 1.82) is 0 Å². The van der Waals surface area contributed by atoms with Crippen LogP contribution in [0.5, 0.6) is 17.2 Å². The summed E-state index contributed by atoms with van der Waals surface area (Å²) in [4.78, 5) is 17.4. The number of carbonyl (C=O) groups is 1. The Bertz CT molecular complexity index is 1040. The van der Waals surface area contributed by atoms with Crippen LogP contribution in [0.4, 0.5) is 5.69 Å². The molecule has 6 nitrogen and oxygen atoms in total. The van der Waals surface area contributed by atoms with Crippen LogP contribution in [0.3, 0.4) is 0 Å². The Morgan fingerprint density at radius 1 is 1.03 bits per heavy atom. The largest absolute Gasteiger partial charge is 0.497 e. The van der Waals surface area contributed by atoms with Gasteiger partial charge in [0.2, 0.25) is 0 Å². The van der Waals surface area contributed by atoms with E-state index in [0.717, 1.165) is 5.69 Å². The lowest BCUT2D eigenvalue weighted by Crippen LogP contribution is -2.16. The average Bonchev–Trinajstić information content (AvgIpc) is 2.74. The maximum atomic E-state index is 12.8. The highest BCUT2D eigenvalue weighted by atomic mass is 16.5. The number of hydrogen-bond acceptors (Lipinski definition) is 5. The molecule has 2 aromatic carbocycles. The molecule has 31 heavy (non-hydrogen) atoms. The summed E-state index contributed by atoms with van der Waals surface area (Å²) in [6, 6.07) is 18.3. The summed E-state index contributed by atoms with van der Waals surface area (Å²) in [5.74, 6) is 1.76. The van der Waals surface area contributed by atoms with Crippen LogP contribution in [-0.2, 0) is 11.2 Å². The minimum Gasteiger partial charge on any atom is -0.497 e. The van der Waals surface area contributed by atoms with Crippen molar-refractivity contribution < 1.29 is 19.0 Å². The number of nitrogens with zero attached hydrogens (tertiary/aromatic N) is 1. The van der Waals surface area contributed by atoms with E-state index >= 15 is 0 Å². The molecule has 0 spiro atoms. The molecule has 1 aromatic heterocycles. The number of anilines is 1. The highest BCUT2D eigenvalue weighted by Crippen LogP contribution is 2.27. The first-order valence-corrected chi connectivity index (χ1v) is 10.3. The second-order valence-electron chi connectivity index (χ2n) is 7.17. The molecule has 0 aliphatic heterocycles. The minimum absolute atomic E-state index is 0.0869. The number of benzene rings is 2. The second-order valence-corrected chi connectivity index (χ2v) is 7.17. The van der Waals surface area contributed by atoms with Gasteiger partial charge in [-0.15, -0.1) is 0 Å². The van der Waals surface area contributed by atoms with Crippen molar-refractivity contribution in [3.05, 3.63) is 77.6 Å². The molecule has 0 saturated carbocycles. The van der Waals surface area contributed by atoms with Gasteiger partial charge in [-0.3, -0.25) is 9.78 Å². The summed E-state index contributed by atoms with van der Waals surface area (Å²) >= 11 is 0. The molecule has 3 aromatic rings. The predicted molar refractivity (Wildman–Crippen MR) is 121 cm³/mol. The molecule has 162 valence electrons. The maximum absolute atomic E-state index is 12.8. The van der Waals surface area contributed by atoms with E-state index in [1.54, 1.807) is 19.2 Å². The van der Waals surface area contributed by atoms with Crippen LogP contribution in [0.15, 0.2) is 60.7 Å². The van der Waals surface area contributed by atoms with Crippen LogP contribution < -0.4 is 14.8 Å². The number of ether oxygens (including phenoxy) is 3. The van der Waals surface area contributed by atoms with E-state index in [1.165, 1.54) is 0 Å². The van der Waals surface area contributed by atoms with Gasteiger partial charge < -0.3 is 19.5 Å². The number of carbonyl (C=O) groups excluding carboxylic acids is 1. The molecule has 6 heteroatoms. The number of pyridine rings is 1. The highest BCUT2D eigenvalue weighted by Gasteiger charge is 2.13. The zero-order valence-electron chi connectivity index (χ0n) is 18.3. The predicted octanol–water partition coefficient (Wildman–Crippen LogP) is 5.41. The topological polar surface area (TPSA) is 69.7 Å². The van der Waals surface area contributed by atoms with Gasteiger partial charge in [-0.05, 0) is 57.2 Å². The fourth-order valence-corrected chi connectivity index (χ4v) is 3.24. The van der Waals surface area contributed by atoms with E-state index in [2.05, 4.69) is 10.3 Å². The van der Waals surface area contributed by atoms with Crippen molar-refractivity contribution in [2.24, 2.45) is 0 Å². The van der Waals surface area contributed by atoms with Crippen molar-refractivity contribution >= 4 is 11.6 Å². The van der Waals surface area contributed by atoms with Gasteiger partial charge in [0.15, 0.2) is 0 Å². The summed E-state index contributed by atoms with van der Waals surface area (Å²) in [6.07, 6.45) is 0.796. The number of hydrogen-bond donors (Lipinski definition) is 1. The van der Waals surface area contributed by atoms with Gasteiger partial charge in [-0.25, -0.2) is 0 Å². The summed E-state index contributed by atoms with van der Waals surface area (Å²) in [7, 11) is 1.61. The number of amides is 1. The highest BCUT2D eigenvalue weighted by molar-refractivity contribution is 6.05. The molecule has 1 amide bonds. The molecule has 1 unspecified atom stereocenters. The number of rotatable bonds is 9. The average molecular weight is 421 g/mol. The van der Waals surface area contributed by atoms with Gasteiger partial charge in [-0.2, -0.15) is 0 Å². The summed E-state index contributed by atoms with van der Waals surface area (Å²) < 4.78 is 16.7. The number of methoxy groups -OCH3 is 1. The molecule has 0 aliphatic carbocycles. The van der Waals surface area contributed by atoms with E-state index in [4.69, 9.17) is 14.2 Å². The van der Waals surface area contributed by atoms with Gasteiger partial charge in [0.05, 0.1) is 24.5 Å². The van der Waals surface area contributed by atoms with Gasteiger partial charge in [0.25, 0.3) is 5.91 Å². The van der Waals surface area contributed by atoms with Crippen molar-refractivity contribution in [1.82, 2.24) is 4.98 Å². The van der Waals surface area contributed by atoms with Crippen molar-refractivity contribution in [2.45, 2.75) is 33.3 Å². The van der Waals surface area contributed by atoms with Crippen molar-refractivity contribution in [3.8, 4) is 17.2 Å². The first-order chi connectivity index (χ1) is 15.0. The molecule has 0 fully saturated rings. The quantitative estimate of drug-likeness (QED) is 0.501. The summed E-state index contributed by atoms with van der Waals surface area (Å²) in [6.45, 7) is 6.49. The lowest BCUT2D eigenvalue weighted by atomic mass is 10.1. The normalized spacial score (nSPS) is 11.6. The number of nitrogens with one attached hydrogen (secondary N) is 1. The second kappa shape index (κ2) is 10.6. The molecule has 0 aliphatic rings. The molecule has 1 heterocycles. The first-order valence-electron chi connectivity index (χ1n) is 10.3. The molecular formula is C25H28N2O4. The number of aryl methyl sites for hydroxylation is 1. The Morgan fingerprint density at radius 2 is 1.74 bits per heavy atom. The van der Waals surface area contributed by atoms with E-state index in [-0.39, 0.29) is 12.0 Å². The molecule has 1 atom stereocenters. The molecular weight excluding hydrogens is 392 g/mol. The van der Waals surface area contributed by atoms with Crippen LogP contribution >= 0.6 is 0 Å². The third kappa shape index (κ3) is 6.30. The monoisotopic (exact) mass is 420 g/mol. The SMILES string of the molecule is CCOC(C)Cc1ccc(C(=O)Nc2cccc(Oc3cccc(OC)c3)c2)c(C)n1. The van der Waals surface area contributed by atoms with Crippen LogP contribution in [0.1, 0.15) is 35.6 Å². The van der Waals surface area contributed by atoms with Gasteiger partial charge in [0.1, 0.15) is 17.2 Å². The fourth-order valence-electron chi connectivity index (χ4n) is 3.24. The van der Waals surface area contributed by atoms with Crippen LogP contribution in [-0.4, -0.2) is 30.7 Å². The van der Waals surface area contributed by atoms with Gasteiger partial charge in [-0.1, -0.05) is 12.1 Å². The fraction of sp³-hybridized carbons (Fsp3) is 0.280. The standard InChI is InChI=1S/C25H28N2O4/c1-5-30-17(2)14-20-12-13-24(18(3)26-20)25(28)27-19-8-6-10-22(15-19)31-23-11-7-9-21(16-23)29-4/h6-13,15-17H,5,14H2,1-4H3,(H,27,28). The van der Waals surface area contributed by atoms with Crippen molar-refractivity contribution in [3.63, 3.8) is 0 Å². The summed E-state index contributed by atoms with van der Waals surface area (Å²) in [5.41, 5.74) is 2.76. The first kappa shape index (κ1) is 22.3. The molecule has 1 N–H and O–H groups in total. The van der Waals surface area contributed by atoms with Crippen LogP contribution in [0.2, 0.25) is 0 Å². The lowest BCUT2D eigenvalue weighted by Gasteiger charge is -2.13. The lowest BCUT2D eigenvalue weighted by molar-refractivity contribution is 0.0761.